The summed E-state index contributed by atoms with van der Waals surface area (Å²) in [7, 11) is 0. The van der Waals surface area contributed by atoms with Gasteiger partial charge in [-0.05, 0) is 43.7 Å². The minimum atomic E-state index is 0.742. The predicted molar refractivity (Wildman–Crippen MR) is 92.6 cm³/mol. The Hall–Kier alpha value is -1.91. The third-order valence-corrected chi connectivity index (χ3v) is 4.45. The van der Waals surface area contributed by atoms with E-state index < -0.39 is 0 Å². The summed E-state index contributed by atoms with van der Waals surface area (Å²) in [5, 5.41) is 2.87. The second-order valence-corrected chi connectivity index (χ2v) is 6.18. The third-order valence-electron chi connectivity index (χ3n) is 3.34. The van der Waals surface area contributed by atoms with Crippen molar-refractivity contribution in [2.45, 2.75) is 20.4 Å². The molecule has 0 aliphatic rings. The third kappa shape index (κ3) is 3.13. The van der Waals surface area contributed by atoms with E-state index in [-0.39, 0.29) is 0 Å². The molecule has 0 bridgehead atoms. The summed E-state index contributed by atoms with van der Waals surface area (Å²) in [6.07, 6.45) is 0. The van der Waals surface area contributed by atoms with Crippen LogP contribution in [-0.2, 0) is 6.54 Å². The van der Waals surface area contributed by atoms with Crippen LogP contribution in [0.3, 0.4) is 0 Å². The van der Waals surface area contributed by atoms with Gasteiger partial charge in [-0.1, -0.05) is 29.8 Å². The van der Waals surface area contributed by atoms with Gasteiger partial charge in [-0.3, -0.25) is 0 Å². The van der Waals surface area contributed by atoms with E-state index in [4.69, 9.17) is 11.6 Å². The highest BCUT2D eigenvalue weighted by Crippen LogP contribution is 2.22. The van der Waals surface area contributed by atoms with Gasteiger partial charge in [0.2, 0.25) is 0 Å². The molecule has 0 aliphatic heterocycles. The van der Waals surface area contributed by atoms with Crippen molar-refractivity contribution in [3.8, 4) is 11.3 Å². The van der Waals surface area contributed by atoms with Crippen molar-refractivity contribution >= 4 is 28.8 Å². The lowest BCUT2D eigenvalue weighted by atomic mass is 10.2. The molecule has 0 radical (unpaired) electrons. The van der Waals surface area contributed by atoms with Gasteiger partial charge >= 0.3 is 0 Å². The quantitative estimate of drug-likeness (QED) is 0.677. The molecule has 0 N–H and O–H groups in total. The Morgan fingerprint density at radius 2 is 1.95 bits per heavy atom. The monoisotopic (exact) mass is 329 g/mol. The molecule has 22 heavy (non-hydrogen) atoms. The lowest BCUT2D eigenvalue weighted by molar-refractivity contribution is 0.744. The topological polar surface area (TPSA) is 30.2 Å². The number of halogens is 1. The van der Waals surface area contributed by atoms with Gasteiger partial charge in [-0.2, -0.15) is 0 Å². The Kier molecular flexibility index (Phi) is 4.41. The molecule has 0 fully saturated rings. The standard InChI is InChI=1S/C17H16ClN3S/c1-3-21-15(13-7-9-14(18)10-8-13)11-22-17(21)20-16-6-4-5-12(2)19-16/h4-11H,3H2,1-2H3/b20-17+. The summed E-state index contributed by atoms with van der Waals surface area (Å²) in [5.74, 6) is 0.742. The van der Waals surface area contributed by atoms with Crippen molar-refractivity contribution < 1.29 is 0 Å². The molecule has 0 aliphatic carbocycles. The van der Waals surface area contributed by atoms with Crippen LogP contribution in [0.25, 0.3) is 11.3 Å². The van der Waals surface area contributed by atoms with Gasteiger partial charge in [0.15, 0.2) is 10.6 Å². The lowest BCUT2D eigenvalue weighted by Crippen LogP contribution is -2.14. The van der Waals surface area contributed by atoms with Gasteiger partial charge in [0.1, 0.15) is 0 Å². The molecule has 0 saturated carbocycles. The molecule has 0 spiro atoms. The zero-order valence-electron chi connectivity index (χ0n) is 12.5. The Morgan fingerprint density at radius 3 is 2.64 bits per heavy atom. The first-order valence-corrected chi connectivity index (χ1v) is 8.36. The first kappa shape index (κ1) is 15.0. The molecule has 3 aromatic rings. The predicted octanol–water partition coefficient (Wildman–Crippen LogP) is 4.83. The van der Waals surface area contributed by atoms with Gasteiger partial charge in [0.25, 0.3) is 0 Å². The number of thiazole rings is 1. The molecule has 0 amide bonds. The fourth-order valence-corrected chi connectivity index (χ4v) is 3.37. The van der Waals surface area contributed by atoms with E-state index >= 15 is 0 Å². The van der Waals surface area contributed by atoms with Gasteiger partial charge < -0.3 is 4.57 Å². The normalized spacial score (nSPS) is 11.9. The van der Waals surface area contributed by atoms with E-state index in [9.17, 15) is 0 Å². The van der Waals surface area contributed by atoms with Crippen LogP contribution in [0, 0.1) is 6.92 Å². The van der Waals surface area contributed by atoms with Crippen LogP contribution in [-0.4, -0.2) is 9.55 Å². The number of aryl methyl sites for hydroxylation is 1. The Bertz CT molecular complexity index is 847. The van der Waals surface area contributed by atoms with Crippen molar-refractivity contribution in [3.63, 3.8) is 0 Å². The summed E-state index contributed by atoms with van der Waals surface area (Å²) in [6.45, 7) is 4.95. The average molecular weight is 330 g/mol. The fourth-order valence-electron chi connectivity index (χ4n) is 2.26. The van der Waals surface area contributed by atoms with Crippen molar-refractivity contribution in [1.82, 2.24) is 9.55 Å². The smallest absolute Gasteiger partial charge is 0.191 e. The highest BCUT2D eigenvalue weighted by atomic mass is 35.5. The van der Waals surface area contributed by atoms with Gasteiger partial charge in [-0.25, -0.2) is 9.98 Å². The minimum Gasteiger partial charge on any atom is -0.317 e. The molecule has 2 aromatic heterocycles. The van der Waals surface area contributed by atoms with Crippen LogP contribution in [0.1, 0.15) is 12.6 Å². The maximum Gasteiger partial charge on any atom is 0.191 e. The number of aromatic nitrogens is 2. The van der Waals surface area contributed by atoms with E-state index in [1.165, 1.54) is 0 Å². The van der Waals surface area contributed by atoms with E-state index in [1.807, 2.05) is 49.4 Å². The second-order valence-electron chi connectivity index (χ2n) is 4.90. The Labute approximate surface area is 138 Å². The van der Waals surface area contributed by atoms with Crippen molar-refractivity contribution in [1.29, 1.82) is 0 Å². The van der Waals surface area contributed by atoms with Crippen LogP contribution in [0.15, 0.2) is 52.8 Å². The minimum absolute atomic E-state index is 0.742. The molecule has 5 heteroatoms. The number of benzene rings is 1. The molecule has 112 valence electrons. The van der Waals surface area contributed by atoms with Crippen molar-refractivity contribution in [2.75, 3.05) is 0 Å². The summed E-state index contributed by atoms with van der Waals surface area (Å²) in [4.78, 5) is 10.1. The fraction of sp³-hybridized carbons (Fsp3) is 0.176. The van der Waals surface area contributed by atoms with Gasteiger partial charge in [-0.15, -0.1) is 11.3 Å². The summed E-state index contributed by atoms with van der Waals surface area (Å²) in [5.41, 5.74) is 3.26. The van der Waals surface area contributed by atoms with Gasteiger partial charge in [0.05, 0.1) is 5.69 Å². The van der Waals surface area contributed by atoms with E-state index in [0.717, 1.165) is 39.1 Å². The Morgan fingerprint density at radius 1 is 1.18 bits per heavy atom. The van der Waals surface area contributed by atoms with Crippen LogP contribution >= 0.6 is 22.9 Å². The highest BCUT2D eigenvalue weighted by Gasteiger charge is 2.07. The second kappa shape index (κ2) is 6.46. The molecule has 0 atom stereocenters. The van der Waals surface area contributed by atoms with Crippen molar-refractivity contribution in [2.24, 2.45) is 4.99 Å². The number of nitrogens with zero attached hydrogens (tertiary/aromatic N) is 3. The van der Waals surface area contributed by atoms with Crippen LogP contribution in [0.2, 0.25) is 5.02 Å². The maximum absolute atomic E-state index is 5.97. The zero-order chi connectivity index (χ0) is 15.5. The summed E-state index contributed by atoms with van der Waals surface area (Å²) < 4.78 is 2.19. The van der Waals surface area contributed by atoms with Gasteiger partial charge in [0, 0.05) is 22.6 Å². The zero-order valence-corrected chi connectivity index (χ0v) is 14.0. The molecule has 0 unspecified atom stereocenters. The molecular weight excluding hydrogens is 314 g/mol. The maximum atomic E-state index is 5.97. The summed E-state index contributed by atoms with van der Waals surface area (Å²) in [6, 6.07) is 13.8. The first-order chi connectivity index (χ1) is 10.7. The molecule has 1 aromatic carbocycles. The lowest BCUT2D eigenvalue weighted by Gasteiger charge is -2.06. The van der Waals surface area contributed by atoms with E-state index in [0.29, 0.717) is 0 Å². The molecule has 2 heterocycles. The first-order valence-electron chi connectivity index (χ1n) is 7.10. The van der Waals surface area contributed by atoms with E-state index in [1.54, 1.807) is 11.3 Å². The SMILES string of the molecule is CCn1c(-c2ccc(Cl)cc2)cs/c1=N/c1cccc(C)n1. The number of hydrogen-bond acceptors (Lipinski definition) is 3. The number of pyridine rings is 1. The van der Waals surface area contributed by atoms with Crippen LogP contribution < -0.4 is 4.80 Å². The molecule has 0 saturated heterocycles. The molecule has 3 rings (SSSR count). The molecule has 3 nitrogen and oxygen atoms in total. The summed E-state index contributed by atoms with van der Waals surface area (Å²) >= 11 is 7.59. The largest absolute Gasteiger partial charge is 0.317 e. The number of hydrogen-bond donors (Lipinski definition) is 0. The van der Waals surface area contributed by atoms with Crippen molar-refractivity contribution in [3.05, 3.63) is 63.4 Å². The average Bonchev–Trinajstić information content (AvgIpc) is 2.90. The number of rotatable bonds is 3. The van der Waals surface area contributed by atoms with E-state index in [2.05, 4.69) is 26.8 Å². The Balaban J connectivity index is 2.09. The van der Waals surface area contributed by atoms with Crippen LogP contribution in [0.4, 0.5) is 5.82 Å². The highest BCUT2D eigenvalue weighted by molar-refractivity contribution is 7.07. The molecular formula is C17H16ClN3S. The van der Waals surface area contributed by atoms with Crippen LogP contribution in [0.5, 0.6) is 0 Å².